The summed E-state index contributed by atoms with van der Waals surface area (Å²) >= 11 is 0. The zero-order valence-electron chi connectivity index (χ0n) is 47.0. The molecule has 0 aromatic heterocycles. The second-order valence-corrected chi connectivity index (χ2v) is 24.1. The number of fused-ring (bicyclic) bond motifs is 2. The normalized spacial score (nSPS) is 11.8. The molecule has 0 unspecified atom stereocenters. The second-order valence-electron chi connectivity index (χ2n) is 21.4. The van der Waals surface area contributed by atoms with Crippen molar-refractivity contribution >= 4 is 90.7 Å². The van der Waals surface area contributed by atoms with Crippen LogP contribution < -0.4 is 0 Å². The van der Waals surface area contributed by atoms with E-state index >= 15 is 0 Å². The molecule has 0 saturated heterocycles. The predicted molar refractivity (Wildman–Crippen MR) is 313 cm³/mol. The van der Waals surface area contributed by atoms with Crippen LogP contribution in [0.4, 0.5) is 0 Å². The van der Waals surface area contributed by atoms with Gasteiger partial charge in [-0.15, -0.1) is 0 Å². The first kappa shape index (κ1) is 67.9. The number of rotatable bonds is 42. The van der Waals surface area contributed by atoms with Crippen molar-refractivity contribution in [1.29, 1.82) is 0 Å². The summed E-state index contributed by atoms with van der Waals surface area (Å²) in [6, 6.07) is 18.9. The zero-order valence-corrected chi connectivity index (χ0v) is 53.1. The Kier molecular flexibility index (Phi) is 38.9. The quantitative estimate of drug-likeness (QED) is 0.0248. The van der Waals surface area contributed by atoms with Crippen LogP contribution in [0.2, 0.25) is 0 Å². The molecule has 0 heterocycles. The fourth-order valence-electron chi connectivity index (χ4n) is 10.6. The standard InChI is InChI=1S/2C32H52O3S.Ba/c2*1-3-5-7-9-11-13-15-17-19-21-28-23-25-30-31(27-28)29(24-26-32(30)36(33,34)35)22-20-18-16-14-12-10-8-6-4-2;/h2*23-27H,3-22H2,1-2H3,(H,33,34,35);/q;;+2/p-2. The molecule has 0 atom stereocenters. The molecule has 0 spiro atoms. The van der Waals surface area contributed by atoms with Crippen LogP contribution in [0.25, 0.3) is 21.5 Å². The summed E-state index contributed by atoms with van der Waals surface area (Å²) < 4.78 is 71.2. The third-order valence-electron chi connectivity index (χ3n) is 15.0. The van der Waals surface area contributed by atoms with E-state index in [1.165, 1.54) is 240 Å². The third kappa shape index (κ3) is 29.4. The molecule has 6 nitrogen and oxygen atoms in total. The Hall–Kier alpha value is -1.21. The van der Waals surface area contributed by atoms with E-state index in [-0.39, 0.29) is 58.7 Å². The Bertz CT molecular complexity index is 2100. The summed E-state index contributed by atoms with van der Waals surface area (Å²) in [5.74, 6) is 0. The van der Waals surface area contributed by atoms with Gasteiger partial charge in [-0.1, -0.05) is 282 Å². The summed E-state index contributed by atoms with van der Waals surface area (Å²) in [5.41, 5.74) is 4.85. The van der Waals surface area contributed by atoms with Crippen LogP contribution in [0.15, 0.2) is 70.5 Å². The van der Waals surface area contributed by atoms with Gasteiger partial charge < -0.3 is 9.11 Å². The van der Waals surface area contributed by atoms with Gasteiger partial charge in [-0.2, -0.15) is 0 Å². The van der Waals surface area contributed by atoms with Crippen LogP contribution in [-0.4, -0.2) is 74.8 Å². The van der Waals surface area contributed by atoms with E-state index in [0.717, 1.165) is 62.1 Å². The van der Waals surface area contributed by atoms with Gasteiger partial charge in [0.05, 0.1) is 9.79 Å². The van der Waals surface area contributed by atoms with Crippen LogP contribution >= 0.6 is 0 Å². The topological polar surface area (TPSA) is 114 Å². The maximum absolute atomic E-state index is 11.9. The van der Waals surface area contributed by atoms with Crippen LogP contribution in [0.3, 0.4) is 0 Å². The van der Waals surface area contributed by atoms with E-state index in [4.69, 9.17) is 0 Å². The first-order valence-electron chi connectivity index (χ1n) is 29.9. The smallest absolute Gasteiger partial charge is 0.744 e. The summed E-state index contributed by atoms with van der Waals surface area (Å²) in [6.45, 7) is 9.02. The second kappa shape index (κ2) is 41.8. The molecule has 0 aliphatic heterocycles. The predicted octanol–water partition coefficient (Wildman–Crippen LogP) is 19.4. The van der Waals surface area contributed by atoms with Gasteiger partial charge in [0.25, 0.3) is 0 Å². The van der Waals surface area contributed by atoms with E-state index in [1.807, 2.05) is 36.4 Å². The van der Waals surface area contributed by atoms with Crippen molar-refractivity contribution in [2.45, 2.75) is 294 Å². The van der Waals surface area contributed by atoms with Gasteiger partial charge in [0, 0.05) is 0 Å². The Balaban J connectivity index is 0.000000493. The molecule has 0 aliphatic carbocycles. The third-order valence-corrected chi connectivity index (χ3v) is 16.8. The number of hydrogen-bond donors (Lipinski definition) is 0. The van der Waals surface area contributed by atoms with Gasteiger partial charge >= 0.3 is 48.9 Å². The van der Waals surface area contributed by atoms with Crippen LogP contribution in [-0.2, 0) is 45.9 Å². The van der Waals surface area contributed by atoms with E-state index in [2.05, 4.69) is 39.8 Å². The monoisotopic (exact) mass is 1170 g/mol. The minimum Gasteiger partial charge on any atom is -0.744 e. The van der Waals surface area contributed by atoms with Crippen molar-refractivity contribution in [2.24, 2.45) is 0 Å². The molecule has 0 N–H and O–H groups in total. The SMILES string of the molecule is CCCCCCCCCCCc1ccc2c(S(=O)(=O)[O-])ccc(CCCCCCCCCCC)c2c1.CCCCCCCCCCCc1ccc2c(S(=O)(=O)[O-])ccc(CCCCCCCCCCC)c2c1.[Ba+2]. The minimum atomic E-state index is -4.49. The Morgan fingerprint density at radius 2 is 0.521 bits per heavy atom. The van der Waals surface area contributed by atoms with Crippen molar-refractivity contribution in [3.63, 3.8) is 0 Å². The molecule has 0 bridgehead atoms. The molecular weight excluding hydrogens is 1070 g/mol. The Morgan fingerprint density at radius 3 is 0.767 bits per heavy atom. The van der Waals surface area contributed by atoms with Gasteiger partial charge in [-0.05, 0) is 107 Å². The van der Waals surface area contributed by atoms with E-state index in [0.29, 0.717) is 10.8 Å². The van der Waals surface area contributed by atoms with Gasteiger partial charge in [0.15, 0.2) is 0 Å². The van der Waals surface area contributed by atoms with Gasteiger partial charge in [0.2, 0.25) is 0 Å². The van der Waals surface area contributed by atoms with Crippen LogP contribution in [0.5, 0.6) is 0 Å². The van der Waals surface area contributed by atoms with Crippen molar-refractivity contribution in [3.8, 4) is 0 Å². The molecule has 4 rings (SSSR count). The molecule has 9 heteroatoms. The summed E-state index contributed by atoms with van der Waals surface area (Å²) in [7, 11) is -8.97. The van der Waals surface area contributed by atoms with Gasteiger partial charge in [0.1, 0.15) is 20.2 Å². The first-order chi connectivity index (χ1) is 34.9. The van der Waals surface area contributed by atoms with Crippen LogP contribution in [0, 0.1) is 0 Å². The van der Waals surface area contributed by atoms with Crippen molar-refractivity contribution in [2.75, 3.05) is 0 Å². The number of aryl methyl sites for hydroxylation is 4. The largest absolute Gasteiger partial charge is 2.00 e. The summed E-state index contributed by atoms with van der Waals surface area (Å²) in [5, 5.41) is 3.10. The minimum absolute atomic E-state index is 0. The number of benzene rings is 4. The number of unbranched alkanes of at least 4 members (excludes halogenated alkanes) is 32. The fourth-order valence-corrected chi connectivity index (χ4v) is 11.9. The molecule has 0 saturated carbocycles. The Morgan fingerprint density at radius 1 is 0.288 bits per heavy atom. The maximum atomic E-state index is 11.9. The molecule has 73 heavy (non-hydrogen) atoms. The van der Waals surface area contributed by atoms with E-state index < -0.39 is 20.2 Å². The molecule has 4 aromatic carbocycles. The van der Waals surface area contributed by atoms with Crippen molar-refractivity contribution in [1.82, 2.24) is 0 Å². The van der Waals surface area contributed by atoms with Crippen molar-refractivity contribution < 1.29 is 25.9 Å². The average Bonchev–Trinajstić information content (AvgIpc) is 3.36. The van der Waals surface area contributed by atoms with Crippen molar-refractivity contribution in [3.05, 3.63) is 82.9 Å². The van der Waals surface area contributed by atoms with Gasteiger partial charge in [-0.3, -0.25) is 0 Å². The molecule has 0 fully saturated rings. The molecular formula is C64H102BaO6S2. The molecule has 0 aliphatic rings. The molecule has 4 aromatic rings. The summed E-state index contributed by atoms with van der Waals surface area (Å²) in [4.78, 5) is -0.161. The molecule has 0 radical (unpaired) electrons. The fraction of sp³-hybridized carbons (Fsp3) is 0.688. The van der Waals surface area contributed by atoms with Crippen LogP contribution in [0.1, 0.15) is 281 Å². The molecule has 408 valence electrons. The maximum Gasteiger partial charge on any atom is 2.00 e. The zero-order chi connectivity index (χ0) is 52.1. The number of hydrogen-bond acceptors (Lipinski definition) is 6. The molecule has 0 amide bonds. The van der Waals surface area contributed by atoms with Gasteiger partial charge in [-0.25, -0.2) is 16.8 Å². The first-order valence-corrected chi connectivity index (χ1v) is 32.8. The van der Waals surface area contributed by atoms with E-state index in [9.17, 15) is 25.9 Å². The average molecular weight is 1170 g/mol. The summed E-state index contributed by atoms with van der Waals surface area (Å²) in [6.07, 6.45) is 50.6. The van der Waals surface area contributed by atoms with E-state index in [1.54, 1.807) is 0 Å². The Labute approximate surface area is 489 Å².